The van der Waals surface area contributed by atoms with Gasteiger partial charge in [-0.15, -0.1) is 0 Å². The summed E-state index contributed by atoms with van der Waals surface area (Å²) in [4.78, 5) is 36.4. The van der Waals surface area contributed by atoms with Crippen molar-refractivity contribution in [3.05, 3.63) is 91.9 Å². The number of hydrogen-bond donors (Lipinski definition) is 4. The number of anilines is 2. The number of aliphatic carboxylic acids is 1. The van der Waals surface area contributed by atoms with E-state index < -0.39 is 11.6 Å². The molecule has 2 aliphatic rings. The van der Waals surface area contributed by atoms with E-state index in [2.05, 4.69) is 38.3 Å². The number of carboxylic acid groups (broad SMARTS) is 1. The number of hydrogen-bond acceptors (Lipinski definition) is 10. The van der Waals surface area contributed by atoms with Crippen LogP contribution in [0.5, 0.6) is 34.5 Å². The molecule has 2 amide bonds. The highest BCUT2D eigenvalue weighted by atomic mass is 35.5. The van der Waals surface area contributed by atoms with Gasteiger partial charge in [0.1, 0.15) is 28.6 Å². The Morgan fingerprint density at radius 3 is 1.71 bits per heavy atom. The summed E-state index contributed by atoms with van der Waals surface area (Å²) in [5, 5.41) is 16.4. The molecular formula is C51H66Cl4N4O9. The summed E-state index contributed by atoms with van der Waals surface area (Å²) in [5.74, 6) is 3.78. The maximum absolute atomic E-state index is 12.4. The molecule has 2 aliphatic heterocycles. The van der Waals surface area contributed by atoms with Crippen LogP contribution in [0.15, 0.2) is 60.7 Å². The fourth-order valence-corrected chi connectivity index (χ4v) is 8.79. The van der Waals surface area contributed by atoms with Crippen LogP contribution in [-0.2, 0) is 14.3 Å². The third-order valence-electron chi connectivity index (χ3n) is 10.9. The lowest BCUT2D eigenvalue weighted by molar-refractivity contribution is -0.138. The van der Waals surface area contributed by atoms with E-state index in [-0.39, 0.29) is 30.3 Å². The molecular weight excluding hydrogens is 954 g/mol. The quantitative estimate of drug-likeness (QED) is 0.0940. The lowest BCUT2D eigenvalue weighted by Gasteiger charge is -2.33. The number of halogens is 4. The van der Waals surface area contributed by atoms with Crippen molar-refractivity contribution in [2.45, 2.75) is 104 Å². The number of likely N-dealkylation sites (tertiary alicyclic amines) is 1. The Labute approximate surface area is 421 Å². The van der Waals surface area contributed by atoms with Crippen LogP contribution in [0.4, 0.5) is 16.2 Å². The highest BCUT2D eigenvalue weighted by Crippen LogP contribution is 2.42. The normalized spacial score (nSPS) is 15.8. The van der Waals surface area contributed by atoms with Crippen molar-refractivity contribution in [1.29, 1.82) is 0 Å². The number of carboxylic acids is 1. The van der Waals surface area contributed by atoms with E-state index in [1.54, 1.807) is 43.4 Å². The van der Waals surface area contributed by atoms with Crippen LogP contribution in [0.3, 0.4) is 0 Å². The fraction of sp³-hybridized carbons (Fsp3) is 0.471. The number of piperidine rings is 2. The predicted molar refractivity (Wildman–Crippen MR) is 273 cm³/mol. The zero-order chi connectivity index (χ0) is 50.3. The second kappa shape index (κ2) is 26.3. The summed E-state index contributed by atoms with van der Waals surface area (Å²) >= 11 is 25.1. The van der Waals surface area contributed by atoms with Gasteiger partial charge in [0.15, 0.2) is 11.5 Å². The second-order valence-corrected chi connectivity index (χ2v) is 20.0. The minimum atomic E-state index is -0.805. The zero-order valence-corrected chi connectivity index (χ0v) is 43.4. The third kappa shape index (κ3) is 17.6. The number of nitrogens with zero attached hydrogens (tertiary/aromatic N) is 1. The van der Waals surface area contributed by atoms with E-state index in [4.69, 9.17) is 80.9 Å². The van der Waals surface area contributed by atoms with Gasteiger partial charge in [0.25, 0.3) is 0 Å². The van der Waals surface area contributed by atoms with Gasteiger partial charge in [-0.2, -0.15) is 0 Å². The SMILES string of the molecule is CC(C)(C)OC(=O)N1CCCC(CC(=O)O)C1.COc1ccc(Oc2c(Cl)cc(N)cc2Cl)cc1C(C)C.COc1ccc(Oc2c(Cl)cc(NC(=O)CC3CCCNC3)cc2Cl)cc1C(C)C. The summed E-state index contributed by atoms with van der Waals surface area (Å²) in [6.45, 7) is 16.9. The lowest BCUT2D eigenvalue weighted by atomic mass is 9.95. The van der Waals surface area contributed by atoms with Crippen LogP contribution >= 0.6 is 46.4 Å². The van der Waals surface area contributed by atoms with E-state index in [0.717, 1.165) is 61.4 Å². The van der Waals surface area contributed by atoms with Gasteiger partial charge in [0.2, 0.25) is 5.91 Å². The highest BCUT2D eigenvalue weighted by Gasteiger charge is 2.29. The molecule has 6 rings (SSSR count). The summed E-state index contributed by atoms with van der Waals surface area (Å²) in [6, 6.07) is 17.7. The van der Waals surface area contributed by atoms with Crippen LogP contribution in [-0.4, -0.2) is 74.0 Å². The van der Waals surface area contributed by atoms with Crippen LogP contribution < -0.4 is 35.3 Å². The van der Waals surface area contributed by atoms with Gasteiger partial charge in [-0.25, -0.2) is 4.79 Å². The molecule has 13 nitrogen and oxygen atoms in total. The molecule has 17 heteroatoms. The Morgan fingerprint density at radius 1 is 0.765 bits per heavy atom. The van der Waals surface area contributed by atoms with Crippen molar-refractivity contribution < 1.29 is 43.2 Å². The third-order valence-corrected chi connectivity index (χ3v) is 12.0. The van der Waals surface area contributed by atoms with Crippen molar-refractivity contribution in [1.82, 2.24) is 10.2 Å². The van der Waals surface area contributed by atoms with Gasteiger partial charge in [0, 0.05) is 48.4 Å². The highest BCUT2D eigenvalue weighted by molar-refractivity contribution is 6.38. The number of ether oxygens (including phenoxy) is 5. The summed E-state index contributed by atoms with van der Waals surface area (Å²) < 4.78 is 27.8. The number of amides is 2. The molecule has 4 aromatic rings. The van der Waals surface area contributed by atoms with Crippen molar-refractivity contribution in [3.63, 3.8) is 0 Å². The van der Waals surface area contributed by atoms with Gasteiger partial charge < -0.3 is 50.1 Å². The Hall–Kier alpha value is -4.79. The Morgan fingerprint density at radius 2 is 1.26 bits per heavy atom. The smallest absolute Gasteiger partial charge is 0.410 e. The molecule has 68 heavy (non-hydrogen) atoms. The zero-order valence-electron chi connectivity index (χ0n) is 40.4. The molecule has 5 N–H and O–H groups in total. The van der Waals surface area contributed by atoms with Crippen LogP contribution in [0, 0.1) is 11.8 Å². The number of carbonyl (C=O) groups excluding carboxylic acids is 2. The van der Waals surface area contributed by atoms with Crippen molar-refractivity contribution >= 4 is 75.7 Å². The van der Waals surface area contributed by atoms with Crippen molar-refractivity contribution in [2.75, 3.05) is 51.4 Å². The van der Waals surface area contributed by atoms with Crippen molar-refractivity contribution in [2.24, 2.45) is 11.8 Å². The monoisotopic (exact) mass is 1020 g/mol. The van der Waals surface area contributed by atoms with Gasteiger partial charge >= 0.3 is 12.1 Å². The van der Waals surface area contributed by atoms with E-state index in [1.807, 2.05) is 57.2 Å². The first-order valence-electron chi connectivity index (χ1n) is 22.7. The largest absolute Gasteiger partial charge is 0.496 e. The predicted octanol–water partition coefficient (Wildman–Crippen LogP) is 13.9. The summed E-state index contributed by atoms with van der Waals surface area (Å²) in [7, 11) is 3.29. The minimum absolute atomic E-state index is 0.0405. The molecule has 0 radical (unpaired) electrons. The molecule has 2 unspecified atom stereocenters. The molecule has 2 atom stereocenters. The minimum Gasteiger partial charge on any atom is -0.496 e. The molecule has 4 aromatic carbocycles. The van der Waals surface area contributed by atoms with Crippen LogP contribution in [0.1, 0.15) is 110 Å². The summed E-state index contributed by atoms with van der Waals surface area (Å²) in [6.07, 6.45) is 4.14. The molecule has 0 spiro atoms. The maximum Gasteiger partial charge on any atom is 0.410 e. The molecule has 372 valence electrons. The molecule has 0 saturated carbocycles. The molecule has 2 fully saturated rings. The standard InChI is InChI=1S/C23H28Cl2N2O3.C16H17Cl2NO2.C12H21NO4/c1-14(2)18-12-17(6-7-21(18)29-3)30-23-19(24)10-16(11-20(23)25)27-22(28)9-15-5-4-8-26-13-15;1-9(2)12-8-11(4-5-15(12)20-3)21-16-13(17)6-10(19)7-14(16)18;1-12(2,3)17-11(16)13-6-4-5-9(8-13)7-10(14)15/h6-7,10-12,14-15,26H,4-5,8-9,13H2,1-3H3,(H,27,28);4-9H,19H2,1-3H3;9H,4-8H2,1-3H3,(H,14,15). The van der Waals surface area contributed by atoms with Gasteiger partial charge in [-0.1, -0.05) is 74.1 Å². The van der Waals surface area contributed by atoms with Gasteiger partial charge in [-0.05, 0) is 144 Å². The van der Waals surface area contributed by atoms with E-state index in [0.29, 0.717) is 85.8 Å². The number of rotatable bonds is 13. The van der Waals surface area contributed by atoms with E-state index in [9.17, 15) is 14.4 Å². The average Bonchev–Trinajstić information content (AvgIpc) is 3.26. The fourth-order valence-electron chi connectivity index (χ4n) is 7.64. The molecule has 2 saturated heterocycles. The number of carbonyl (C=O) groups is 3. The Bertz CT molecular complexity index is 2290. The number of benzene rings is 4. The van der Waals surface area contributed by atoms with Crippen molar-refractivity contribution in [3.8, 4) is 34.5 Å². The van der Waals surface area contributed by atoms with Crippen LogP contribution in [0.2, 0.25) is 20.1 Å². The van der Waals surface area contributed by atoms with Crippen LogP contribution in [0.25, 0.3) is 0 Å². The molecule has 0 bridgehead atoms. The first-order chi connectivity index (χ1) is 32.1. The Kier molecular flexibility index (Phi) is 21.6. The molecule has 2 heterocycles. The van der Waals surface area contributed by atoms with E-state index in [1.165, 1.54) is 0 Å². The lowest BCUT2D eigenvalue weighted by Crippen LogP contribution is -2.43. The summed E-state index contributed by atoms with van der Waals surface area (Å²) in [5.41, 5.74) is 8.32. The molecule has 0 aliphatic carbocycles. The number of methoxy groups -OCH3 is 2. The number of nitrogen functional groups attached to an aromatic ring is 1. The number of nitrogens with one attached hydrogen (secondary N) is 2. The first-order valence-corrected chi connectivity index (χ1v) is 24.2. The Balaban J connectivity index is 0.000000233. The maximum atomic E-state index is 12.4. The van der Waals surface area contributed by atoms with Gasteiger partial charge in [0.05, 0.1) is 34.3 Å². The topological polar surface area (TPSA) is 171 Å². The van der Waals surface area contributed by atoms with E-state index >= 15 is 0 Å². The van der Waals surface area contributed by atoms with Gasteiger partial charge in [-0.3, -0.25) is 9.59 Å². The number of nitrogens with two attached hydrogens (primary N) is 1. The molecule has 0 aromatic heterocycles. The average molecular weight is 1020 g/mol. The second-order valence-electron chi connectivity index (χ2n) is 18.4. The first kappa shape index (κ1) is 55.8.